The molecule has 8 nitrogen and oxygen atoms in total. The first-order valence-electron chi connectivity index (χ1n) is 16.1. The van der Waals surface area contributed by atoms with Gasteiger partial charge in [-0.1, -0.05) is 72.4 Å². The maximum absolute atomic E-state index is 14.3. The topological polar surface area (TPSA) is 105 Å². The molecule has 1 fully saturated rings. The van der Waals surface area contributed by atoms with Gasteiger partial charge in [-0.15, -0.1) is 0 Å². The van der Waals surface area contributed by atoms with Crippen LogP contribution in [0, 0.1) is 0 Å². The third-order valence-corrected chi connectivity index (χ3v) is 9.22. The van der Waals surface area contributed by atoms with Crippen LogP contribution >= 0.6 is 23.2 Å². The molecule has 1 aliphatic carbocycles. The lowest BCUT2D eigenvalue weighted by Gasteiger charge is -2.48. The van der Waals surface area contributed by atoms with Crippen molar-refractivity contribution in [3.63, 3.8) is 0 Å². The summed E-state index contributed by atoms with van der Waals surface area (Å²) in [5.41, 5.74) is 1.93. The van der Waals surface area contributed by atoms with E-state index in [2.05, 4.69) is 5.32 Å². The van der Waals surface area contributed by atoms with Crippen LogP contribution < -0.4 is 10.1 Å². The highest BCUT2D eigenvalue weighted by molar-refractivity contribution is 6.35. The number of hydrogen-bond donors (Lipinski definition) is 2. The van der Waals surface area contributed by atoms with Crippen molar-refractivity contribution in [2.24, 2.45) is 0 Å². The Bertz CT molecular complexity index is 1620. The highest BCUT2D eigenvalue weighted by Crippen LogP contribution is 2.47. The van der Waals surface area contributed by atoms with Gasteiger partial charge in [0.1, 0.15) is 11.4 Å². The number of ether oxygens (including phenoxy) is 2. The Balaban J connectivity index is 1.39. The van der Waals surface area contributed by atoms with Gasteiger partial charge < -0.3 is 24.8 Å². The number of carbonyl (C=O) groups is 3. The quantitative estimate of drug-likeness (QED) is 0.235. The van der Waals surface area contributed by atoms with Crippen LogP contribution in [0.5, 0.6) is 5.75 Å². The molecule has 0 radical (unpaired) electrons. The fourth-order valence-corrected chi connectivity index (χ4v) is 7.06. The largest absolute Gasteiger partial charge is 0.479 e. The van der Waals surface area contributed by atoms with E-state index in [1.807, 2.05) is 30.3 Å². The van der Waals surface area contributed by atoms with Crippen LogP contribution in [0.4, 0.5) is 0 Å². The van der Waals surface area contributed by atoms with Crippen molar-refractivity contribution in [3.05, 3.63) is 99.0 Å². The molecule has 1 saturated carbocycles. The standard InChI is InChI=1S/C37H42Cl2N2O6/c1-22(36(45)47-37(2,3)4)46-25-11-9-10-23(20-25)18-19-40-34(43)32-26-12-5-6-13-27(26)35(44)41(30-14-7-8-15-31(30)42)33(32)28-17-16-24(38)21-29(28)39/h5-6,9-13,16-17,20-22,30-33,42H,7-8,14-15,18-19H2,1-4H3,(H,40,43)/t22-,30-,31-,32+,33-/m0/s1. The average molecular weight is 682 g/mol. The maximum Gasteiger partial charge on any atom is 0.347 e. The minimum atomic E-state index is -0.791. The highest BCUT2D eigenvalue weighted by Gasteiger charge is 2.48. The first kappa shape index (κ1) is 34.7. The van der Waals surface area contributed by atoms with Crippen molar-refractivity contribution in [1.29, 1.82) is 0 Å². The number of nitrogens with zero attached hydrogens (tertiary/aromatic N) is 1. The van der Waals surface area contributed by atoms with Crippen molar-refractivity contribution in [2.75, 3.05) is 6.54 Å². The summed E-state index contributed by atoms with van der Waals surface area (Å²) in [6.45, 7) is 7.37. The number of halogens is 2. The highest BCUT2D eigenvalue weighted by atomic mass is 35.5. The molecule has 1 aliphatic heterocycles. The van der Waals surface area contributed by atoms with E-state index in [0.29, 0.717) is 58.3 Å². The molecule has 5 rings (SSSR count). The fourth-order valence-electron chi connectivity index (χ4n) is 6.54. The lowest BCUT2D eigenvalue weighted by molar-refractivity contribution is -0.162. The summed E-state index contributed by atoms with van der Waals surface area (Å²) in [7, 11) is 0. The molecular weight excluding hydrogens is 639 g/mol. The minimum absolute atomic E-state index is 0.232. The van der Waals surface area contributed by atoms with Crippen molar-refractivity contribution in [2.45, 2.75) is 95.6 Å². The molecule has 0 saturated heterocycles. The first-order valence-corrected chi connectivity index (χ1v) is 16.9. The normalized spacial score (nSPS) is 21.9. The van der Waals surface area contributed by atoms with Gasteiger partial charge in [-0.25, -0.2) is 4.79 Å². The van der Waals surface area contributed by atoms with Crippen LogP contribution in [0.15, 0.2) is 66.7 Å². The molecule has 10 heteroatoms. The lowest BCUT2D eigenvalue weighted by atomic mass is 9.76. The van der Waals surface area contributed by atoms with Crippen molar-refractivity contribution in [3.8, 4) is 5.75 Å². The number of amides is 2. The zero-order valence-corrected chi connectivity index (χ0v) is 28.7. The van der Waals surface area contributed by atoms with Crippen LogP contribution in [-0.2, 0) is 20.7 Å². The Morgan fingerprint density at radius 1 is 1.00 bits per heavy atom. The Morgan fingerprint density at radius 2 is 1.74 bits per heavy atom. The summed E-state index contributed by atoms with van der Waals surface area (Å²) in [5.74, 6) is -1.22. The summed E-state index contributed by atoms with van der Waals surface area (Å²) in [5, 5.41) is 15.0. The predicted octanol–water partition coefficient (Wildman–Crippen LogP) is 7.05. The molecule has 0 unspecified atom stereocenters. The molecule has 2 N–H and O–H groups in total. The molecule has 1 heterocycles. The van der Waals surface area contributed by atoms with E-state index in [1.54, 1.807) is 69.0 Å². The smallest absolute Gasteiger partial charge is 0.347 e. The van der Waals surface area contributed by atoms with E-state index >= 15 is 0 Å². The van der Waals surface area contributed by atoms with Gasteiger partial charge >= 0.3 is 5.97 Å². The second-order valence-corrected chi connectivity index (χ2v) is 14.1. The minimum Gasteiger partial charge on any atom is -0.479 e. The van der Waals surface area contributed by atoms with Gasteiger partial charge in [0.15, 0.2) is 6.10 Å². The van der Waals surface area contributed by atoms with Gasteiger partial charge in [0, 0.05) is 22.2 Å². The Morgan fingerprint density at radius 3 is 2.47 bits per heavy atom. The van der Waals surface area contributed by atoms with E-state index in [-0.39, 0.29) is 11.8 Å². The van der Waals surface area contributed by atoms with Gasteiger partial charge in [0.2, 0.25) is 5.91 Å². The Kier molecular flexibility index (Phi) is 10.8. The number of fused-ring (bicyclic) bond motifs is 1. The fraction of sp³-hybridized carbons (Fsp3) is 0.432. The van der Waals surface area contributed by atoms with Crippen molar-refractivity contribution in [1.82, 2.24) is 10.2 Å². The molecule has 250 valence electrons. The monoisotopic (exact) mass is 680 g/mol. The number of hydrogen-bond acceptors (Lipinski definition) is 6. The maximum atomic E-state index is 14.3. The van der Waals surface area contributed by atoms with Gasteiger partial charge in [0.25, 0.3) is 5.91 Å². The third-order valence-electron chi connectivity index (χ3n) is 8.65. The summed E-state index contributed by atoms with van der Waals surface area (Å²) in [6, 6.07) is 18.4. The molecular formula is C37H42Cl2N2O6. The summed E-state index contributed by atoms with van der Waals surface area (Å²) < 4.78 is 11.3. The van der Waals surface area contributed by atoms with E-state index in [9.17, 15) is 19.5 Å². The zero-order valence-electron chi connectivity index (χ0n) is 27.2. The molecule has 0 bridgehead atoms. The average Bonchev–Trinajstić information content (AvgIpc) is 3.01. The first-order chi connectivity index (χ1) is 22.3. The Hall–Kier alpha value is -3.59. The molecule has 2 amide bonds. The van der Waals surface area contributed by atoms with Crippen LogP contribution in [0.25, 0.3) is 0 Å². The van der Waals surface area contributed by atoms with E-state index in [1.165, 1.54) is 0 Å². The molecule has 3 aromatic carbocycles. The lowest BCUT2D eigenvalue weighted by Crippen LogP contribution is -2.55. The van der Waals surface area contributed by atoms with Gasteiger partial charge in [-0.2, -0.15) is 0 Å². The number of carbonyl (C=O) groups excluding carboxylic acids is 3. The summed E-state index contributed by atoms with van der Waals surface area (Å²) >= 11 is 13.0. The molecule has 2 aliphatic rings. The molecule has 0 aromatic heterocycles. The van der Waals surface area contributed by atoms with Crippen molar-refractivity contribution < 1.29 is 29.0 Å². The molecule has 3 aromatic rings. The molecule has 47 heavy (non-hydrogen) atoms. The van der Waals surface area contributed by atoms with Crippen LogP contribution in [0.1, 0.15) is 92.4 Å². The van der Waals surface area contributed by atoms with Gasteiger partial charge in [-0.3, -0.25) is 9.59 Å². The SMILES string of the molecule is C[C@H](Oc1cccc(CCNC(=O)[C@@H]2c3ccccc3C(=O)N([C@H]3CCCC[C@@H]3O)[C@H]2c2ccc(Cl)cc2Cl)c1)C(=O)OC(C)(C)C. The van der Waals surface area contributed by atoms with E-state index in [0.717, 1.165) is 18.4 Å². The van der Waals surface area contributed by atoms with Crippen molar-refractivity contribution >= 4 is 41.0 Å². The second-order valence-electron chi connectivity index (χ2n) is 13.3. The number of nitrogens with one attached hydrogen (secondary N) is 1. The number of aliphatic hydroxyl groups is 1. The number of rotatable bonds is 9. The Labute approximate surface area is 286 Å². The van der Waals surface area contributed by atoms with Gasteiger partial charge in [-0.05, 0) is 94.0 Å². The molecule has 5 atom stereocenters. The summed E-state index contributed by atoms with van der Waals surface area (Å²) in [6.07, 6.45) is 1.92. The van der Waals surface area contributed by atoms with E-state index < -0.39 is 41.8 Å². The number of aliphatic hydroxyl groups excluding tert-OH is 1. The second kappa shape index (κ2) is 14.7. The van der Waals surface area contributed by atoms with Gasteiger partial charge in [0.05, 0.1) is 24.1 Å². The number of esters is 1. The zero-order chi connectivity index (χ0) is 33.9. The number of benzene rings is 3. The summed E-state index contributed by atoms with van der Waals surface area (Å²) in [4.78, 5) is 42.6. The van der Waals surface area contributed by atoms with Crippen LogP contribution in [0.2, 0.25) is 10.0 Å². The van der Waals surface area contributed by atoms with Crippen LogP contribution in [0.3, 0.4) is 0 Å². The molecule has 0 spiro atoms. The van der Waals surface area contributed by atoms with E-state index in [4.69, 9.17) is 32.7 Å². The third kappa shape index (κ3) is 8.11. The predicted molar refractivity (Wildman–Crippen MR) is 182 cm³/mol. The van der Waals surface area contributed by atoms with Crippen LogP contribution in [-0.4, -0.2) is 58.2 Å².